The molecule has 1 heterocycles. The number of piperazine rings is 1. The lowest BCUT2D eigenvalue weighted by Gasteiger charge is -2.34. The zero-order chi connectivity index (χ0) is 21.9. The van der Waals surface area contributed by atoms with E-state index in [2.05, 4.69) is 0 Å². The van der Waals surface area contributed by atoms with Crippen LogP contribution < -0.4 is 4.74 Å². The molecule has 10 heteroatoms. The Morgan fingerprint density at radius 3 is 2.40 bits per heavy atom. The second kappa shape index (κ2) is 8.80. The molecule has 0 aromatic heterocycles. The first-order valence-corrected chi connectivity index (χ1v) is 10.8. The Morgan fingerprint density at radius 2 is 1.80 bits per heavy atom. The number of aryl methyl sites for hydroxylation is 1. The molecule has 2 aromatic rings. The number of benzene rings is 2. The Morgan fingerprint density at radius 1 is 1.13 bits per heavy atom. The van der Waals surface area contributed by atoms with Crippen LogP contribution in [0.1, 0.15) is 11.1 Å². The van der Waals surface area contributed by atoms with Crippen LogP contribution >= 0.6 is 0 Å². The van der Waals surface area contributed by atoms with Gasteiger partial charge in [0.1, 0.15) is 0 Å². The summed E-state index contributed by atoms with van der Waals surface area (Å²) in [6, 6.07) is 11.2. The highest BCUT2D eigenvalue weighted by atomic mass is 32.2. The maximum Gasteiger partial charge on any atom is 0.312 e. The Bertz CT molecular complexity index is 1060. The van der Waals surface area contributed by atoms with E-state index in [-0.39, 0.29) is 49.2 Å². The van der Waals surface area contributed by atoms with Crippen molar-refractivity contribution < 1.29 is 22.9 Å². The van der Waals surface area contributed by atoms with E-state index in [4.69, 9.17) is 4.74 Å². The first kappa shape index (κ1) is 21.7. The van der Waals surface area contributed by atoms with Crippen molar-refractivity contribution >= 4 is 21.6 Å². The molecule has 9 nitrogen and oxygen atoms in total. The van der Waals surface area contributed by atoms with Gasteiger partial charge in [0.05, 0.1) is 23.3 Å². The van der Waals surface area contributed by atoms with E-state index in [0.717, 1.165) is 17.2 Å². The summed E-state index contributed by atoms with van der Waals surface area (Å²) in [6.45, 7) is 2.73. The SMILES string of the molecule is COc1ccc(S(=O)(=O)N2CCN(C(=O)Cc3ccccc3C)CC2)cc1[N+](=O)[O-]. The van der Waals surface area contributed by atoms with Crippen LogP contribution in [0, 0.1) is 17.0 Å². The fraction of sp³-hybridized carbons (Fsp3) is 0.350. The molecule has 0 radical (unpaired) electrons. The van der Waals surface area contributed by atoms with Gasteiger partial charge >= 0.3 is 5.69 Å². The number of nitro groups is 1. The molecule has 0 spiro atoms. The van der Waals surface area contributed by atoms with Crippen molar-refractivity contribution in [3.63, 3.8) is 0 Å². The van der Waals surface area contributed by atoms with E-state index < -0.39 is 20.6 Å². The van der Waals surface area contributed by atoms with Gasteiger partial charge in [0, 0.05) is 32.2 Å². The van der Waals surface area contributed by atoms with Crippen molar-refractivity contribution in [1.82, 2.24) is 9.21 Å². The lowest BCUT2D eigenvalue weighted by atomic mass is 10.1. The second-order valence-corrected chi connectivity index (χ2v) is 8.92. The average Bonchev–Trinajstić information content (AvgIpc) is 2.74. The summed E-state index contributed by atoms with van der Waals surface area (Å²) >= 11 is 0. The highest BCUT2D eigenvalue weighted by Crippen LogP contribution is 2.30. The van der Waals surface area contributed by atoms with Crippen molar-refractivity contribution in [2.75, 3.05) is 33.3 Å². The molecule has 1 saturated heterocycles. The number of carbonyl (C=O) groups excluding carboxylic acids is 1. The summed E-state index contributed by atoms with van der Waals surface area (Å²) < 4.78 is 32.0. The summed E-state index contributed by atoms with van der Waals surface area (Å²) in [5.74, 6) is -0.0630. The minimum atomic E-state index is -3.92. The number of sulfonamides is 1. The molecule has 30 heavy (non-hydrogen) atoms. The molecular weight excluding hydrogens is 410 g/mol. The van der Waals surface area contributed by atoms with E-state index in [9.17, 15) is 23.3 Å². The van der Waals surface area contributed by atoms with Crippen LogP contribution in [0.15, 0.2) is 47.4 Å². The maximum absolute atomic E-state index is 12.9. The zero-order valence-corrected chi connectivity index (χ0v) is 17.6. The Balaban J connectivity index is 1.69. The molecule has 0 saturated carbocycles. The van der Waals surface area contributed by atoms with Gasteiger partial charge in [-0.25, -0.2) is 8.42 Å². The topological polar surface area (TPSA) is 110 Å². The summed E-state index contributed by atoms with van der Waals surface area (Å²) in [6.07, 6.45) is 0.268. The predicted octanol–water partition coefficient (Wildman–Crippen LogP) is 1.99. The third kappa shape index (κ3) is 4.44. The highest BCUT2D eigenvalue weighted by Gasteiger charge is 2.32. The van der Waals surface area contributed by atoms with Gasteiger partial charge < -0.3 is 9.64 Å². The van der Waals surface area contributed by atoms with E-state index in [1.54, 1.807) is 4.90 Å². The monoisotopic (exact) mass is 433 g/mol. The van der Waals surface area contributed by atoms with E-state index in [1.165, 1.54) is 23.5 Å². The normalized spacial score (nSPS) is 15.1. The van der Waals surface area contributed by atoms with Crippen LogP contribution in [-0.2, 0) is 21.2 Å². The Labute approximate surface area is 175 Å². The number of ether oxygens (including phenoxy) is 1. The van der Waals surface area contributed by atoms with Gasteiger partial charge in [0.15, 0.2) is 5.75 Å². The third-order valence-corrected chi connectivity index (χ3v) is 7.07. The Hall–Kier alpha value is -2.98. The Kier molecular flexibility index (Phi) is 6.37. The van der Waals surface area contributed by atoms with Crippen molar-refractivity contribution in [3.8, 4) is 5.75 Å². The number of rotatable bonds is 6. The van der Waals surface area contributed by atoms with Crippen LogP contribution in [0.25, 0.3) is 0 Å². The number of nitro benzene ring substituents is 1. The van der Waals surface area contributed by atoms with E-state index in [0.29, 0.717) is 0 Å². The van der Waals surface area contributed by atoms with Crippen molar-refractivity contribution in [1.29, 1.82) is 0 Å². The summed E-state index contributed by atoms with van der Waals surface area (Å²) in [5.41, 5.74) is 1.57. The van der Waals surface area contributed by atoms with Gasteiger partial charge in [0.25, 0.3) is 0 Å². The molecule has 0 N–H and O–H groups in total. The number of nitrogens with zero attached hydrogens (tertiary/aromatic N) is 3. The van der Waals surface area contributed by atoms with E-state index in [1.807, 2.05) is 31.2 Å². The largest absolute Gasteiger partial charge is 0.490 e. The lowest BCUT2D eigenvalue weighted by Crippen LogP contribution is -2.50. The van der Waals surface area contributed by atoms with Crippen LogP contribution in [0.4, 0.5) is 5.69 Å². The molecule has 1 aliphatic heterocycles. The number of amides is 1. The fourth-order valence-electron chi connectivity index (χ4n) is 3.38. The van der Waals surface area contributed by atoms with Crippen LogP contribution in [0.3, 0.4) is 0 Å². The number of carbonyl (C=O) groups is 1. The van der Waals surface area contributed by atoms with Gasteiger partial charge in [-0.2, -0.15) is 4.31 Å². The van der Waals surface area contributed by atoms with Gasteiger partial charge in [-0.05, 0) is 30.2 Å². The maximum atomic E-state index is 12.9. The molecule has 0 atom stereocenters. The molecule has 2 aromatic carbocycles. The van der Waals surface area contributed by atoms with Gasteiger partial charge in [-0.3, -0.25) is 14.9 Å². The van der Waals surface area contributed by atoms with Crippen LogP contribution in [0.5, 0.6) is 5.75 Å². The molecule has 160 valence electrons. The van der Waals surface area contributed by atoms with Gasteiger partial charge in [-0.15, -0.1) is 0 Å². The molecule has 0 unspecified atom stereocenters. The minimum absolute atomic E-state index is 0.00873. The fourth-order valence-corrected chi connectivity index (χ4v) is 4.83. The number of methoxy groups -OCH3 is 1. The van der Waals surface area contributed by atoms with Crippen molar-refractivity contribution in [2.45, 2.75) is 18.2 Å². The molecule has 1 aliphatic rings. The molecule has 0 bridgehead atoms. The number of hydrogen-bond donors (Lipinski definition) is 0. The van der Waals surface area contributed by atoms with Crippen LogP contribution in [0.2, 0.25) is 0 Å². The summed E-state index contributed by atoms with van der Waals surface area (Å²) in [5, 5.41) is 11.2. The lowest BCUT2D eigenvalue weighted by molar-refractivity contribution is -0.386. The molecule has 3 rings (SSSR count). The van der Waals surface area contributed by atoms with Crippen LogP contribution in [-0.4, -0.2) is 61.7 Å². The third-order valence-electron chi connectivity index (χ3n) is 5.18. The van der Waals surface area contributed by atoms with Gasteiger partial charge in [0.2, 0.25) is 15.9 Å². The molecule has 1 amide bonds. The summed E-state index contributed by atoms with van der Waals surface area (Å²) in [4.78, 5) is 24.6. The predicted molar refractivity (Wildman–Crippen MR) is 110 cm³/mol. The number of hydrogen-bond acceptors (Lipinski definition) is 6. The van der Waals surface area contributed by atoms with E-state index >= 15 is 0 Å². The summed E-state index contributed by atoms with van der Waals surface area (Å²) in [7, 11) is -2.64. The highest BCUT2D eigenvalue weighted by molar-refractivity contribution is 7.89. The standard InChI is InChI=1S/C20H23N3O6S/c1-15-5-3-4-6-16(15)13-20(24)21-9-11-22(12-10-21)30(27,28)17-7-8-19(29-2)18(14-17)23(25)26/h3-8,14H,9-13H2,1-2H3. The first-order chi connectivity index (χ1) is 14.2. The molecule has 0 aliphatic carbocycles. The zero-order valence-electron chi connectivity index (χ0n) is 16.8. The first-order valence-electron chi connectivity index (χ1n) is 9.39. The molecular formula is C20H23N3O6S. The average molecular weight is 433 g/mol. The second-order valence-electron chi connectivity index (χ2n) is 6.98. The quantitative estimate of drug-likeness (QED) is 0.509. The van der Waals surface area contributed by atoms with Gasteiger partial charge in [-0.1, -0.05) is 24.3 Å². The van der Waals surface area contributed by atoms with Crippen molar-refractivity contribution in [3.05, 3.63) is 63.7 Å². The minimum Gasteiger partial charge on any atom is -0.490 e. The van der Waals surface area contributed by atoms with Crippen molar-refractivity contribution in [2.24, 2.45) is 0 Å². The molecule has 1 fully saturated rings. The smallest absolute Gasteiger partial charge is 0.312 e.